The third-order valence-corrected chi connectivity index (χ3v) is 6.13. The molecule has 0 aliphatic rings. The molecule has 0 atom stereocenters. The van der Waals surface area contributed by atoms with Gasteiger partial charge >= 0.3 is 6.18 Å². The van der Waals surface area contributed by atoms with Crippen molar-refractivity contribution in [2.24, 2.45) is 0 Å². The van der Waals surface area contributed by atoms with E-state index in [-0.39, 0.29) is 43.5 Å². The molecule has 0 saturated heterocycles. The van der Waals surface area contributed by atoms with E-state index < -0.39 is 27.5 Å². The fourth-order valence-corrected chi connectivity index (χ4v) is 4.35. The molecule has 1 amide bonds. The summed E-state index contributed by atoms with van der Waals surface area (Å²) in [7, 11) is -4.03. The highest BCUT2D eigenvalue weighted by Gasteiger charge is 2.36. The van der Waals surface area contributed by atoms with Gasteiger partial charge in [0, 0.05) is 18.0 Å². The van der Waals surface area contributed by atoms with Gasteiger partial charge in [0.1, 0.15) is 12.4 Å². The second-order valence-corrected chi connectivity index (χ2v) is 9.91. The van der Waals surface area contributed by atoms with Gasteiger partial charge in [-0.25, -0.2) is 8.42 Å². The second kappa shape index (κ2) is 11.1. The summed E-state index contributed by atoms with van der Waals surface area (Å²) in [6.45, 7) is 4.07. The van der Waals surface area contributed by atoms with Gasteiger partial charge < -0.3 is 10.1 Å². The van der Waals surface area contributed by atoms with Crippen LogP contribution in [0.1, 0.15) is 29.5 Å². The molecule has 0 radical (unpaired) electrons. The summed E-state index contributed by atoms with van der Waals surface area (Å²) in [5.41, 5.74) is 0.393. The van der Waals surface area contributed by atoms with Crippen molar-refractivity contribution in [2.45, 2.75) is 32.9 Å². The summed E-state index contributed by atoms with van der Waals surface area (Å²) in [5.74, 6) is 0.349. The Hall–Kier alpha value is -2.46. The number of hydrogen-bond donors (Lipinski definition) is 1. The molecule has 0 fully saturated rings. The number of sulfonamides is 1. The lowest BCUT2D eigenvalue weighted by Crippen LogP contribution is -2.34. The Balaban J connectivity index is 1.92. The number of carbonyl (C=O) groups is 1. The van der Waals surface area contributed by atoms with Crippen LogP contribution in [0.15, 0.2) is 36.4 Å². The molecule has 6 nitrogen and oxygen atoms in total. The number of rotatable bonds is 10. The van der Waals surface area contributed by atoms with Crippen LogP contribution in [0.25, 0.3) is 0 Å². The number of anilines is 1. The number of nitrogens with zero attached hydrogens (tertiary/aromatic N) is 1. The van der Waals surface area contributed by atoms with Gasteiger partial charge in [0.15, 0.2) is 0 Å². The topological polar surface area (TPSA) is 75.7 Å². The van der Waals surface area contributed by atoms with E-state index in [2.05, 4.69) is 5.32 Å². The minimum atomic E-state index is -4.80. The first-order chi connectivity index (χ1) is 15.3. The highest BCUT2D eigenvalue weighted by atomic mass is 35.5. The number of nitrogens with one attached hydrogen (secondary N) is 1. The van der Waals surface area contributed by atoms with Crippen LogP contribution in [-0.2, 0) is 21.0 Å². The van der Waals surface area contributed by atoms with Crippen molar-refractivity contribution in [1.82, 2.24) is 5.32 Å². The Labute approximate surface area is 196 Å². The van der Waals surface area contributed by atoms with Crippen molar-refractivity contribution < 1.29 is 31.1 Å². The summed E-state index contributed by atoms with van der Waals surface area (Å²) in [5, 5.41) is 2.48. The smallest absolute Gasteiger partial charge is 0.418 e. The maximum atomic E-state index is 13.4. The van der Waals surface area contributed by atoms with Gasteiger partial charge in [-0.2, -0.15) is 13.2 Å². The van der Waals surface area contributed by atoms with E-state index in [9.17, 15) is 26.4 Å². The molecule has 0 bridgehead atoms. The van der Waals surface area contributed by atoms with E-state index >= 15 is 0 Å². The molecule has 0 aliphatic heterocycles. The van der Waals surface area contributed by atoms with E-state index in [1.165, 1.54) is 6.07 Å². The maximum absolute atomic E-state index is 13.4. The van der Waals surface area contributed by atoms with Crippen molar-refractivity contribution in [3.8, 4) is 5.75 Å². The zero-order valence-corrected chi connectivity index (χ0v) is 20.1. The fourth-order valence-electron chi connectivity index (χ4n) is 3.20. The lowest BCUT2D eigenvalue weighted by atomic mass is 10.1. The third kappa shape index (κ3) is 8.12. The molecule has 2 rings (SSSR count). The number of ether oxygens (including phenoxy) is 1. The van der Waals surface area contributed by atoms with Crippen LogP contribution in [-0.4, -0.2) is 40.3 Å². The van der Waals surface area contributed by atoms with Crippen LogP contribution in [0.2, 0.25) is 5.02 Å². The number of amides is 1. The number of aryl methyl sites for hydroxylation is 2. The van der Waals surface area contributed by atoms with Gasteiger partial charge in [-0.1, -0.05) is 29.3 Å². The summed E-state index contributed by atoms with van der Waals surface area (Å²) in [6.07, 6.45) is -4.02. The predicted molar refractivity (Wildman–Crippen MR) is 122 cm³/mol. The Morgan fingerprint density at radius 2 is 1.85 bits per heavy atom. The molecule has 2 aromatic rings. The second-order valence-electron chi connectivity index (χ2n) is 7.57. The zero-order chi connectivity index (χ0) is 24.8. The Kier molecular flexibility index (Phi) is 9.02. The zero-order valence-electron chi connectivity index (χ0n) is 18.5. The number of halogens is 4. The average molecular weight is 507 g/mol. The van der Waals surface area contributed by atoms with E-state index in [1.54, 1.807) is 0 Å². The molecular weight excluding hydrogens is 481 g/mol. The number of benzene rings is 2. The summed E-state index contributed by atoms with van der Waals surface area (Å²) in [4.78, 5) is 12.1. The summed E-state index contributed by atoms with van der Waals surface area (Å²) >= 11 is 5.67. The van der Waals surface area contributed by atoms with Crippen molar-refractivity contribution in [3.63, 3.8) is 0 Å². The van der Waals surface area contributed by atoms with Crippen LogP contribution in [0.5, 0.6) is 5.75 Å². The normalized spacial score (nSPS) is 11.8. The molecule has 11 heteroatoms. The Morgan fingerprint density at radius 1 is 1.15 bits per heavy atom. The van der Waals surface area contributed by atoms with Crippen LogP contribution in [0.3, 0.4) is 0 Å². The number of carbonyl (C=O) groups excluding carboxylic acids is 1. The molecule has 0 aliphatic carbocycles. The molecule has 0 heterocycles. The average Bonchev–Trinajstić information content (AvgIpc) is 2.68. The molecule has 1 N–H and O–H groups in total. The molecule has 182 valence electrons. The van der Waals surface area contributed by atoms with Gasteiger partial charge in [0.2, 0.25) is 15.9 Å². The third-order valence-electron chi connectivity index (χ3n) is 4.71. The van der Waals surface area contributed by atoms with Gasteiger partial charge in [0.05, 0.1) is 24.1 Å². The van der Waals surface area contributed by atoms with Gasteiger partial charge in [-0.15, -0.1) is 0 Å². The van der Waals surface area contributed by atoms with Gasteiger partial charge in [-0.05, 0) is 50.1 Å². The first-order valence-electron chi connectivity index (χ1n) is 10.1. The summed E-state index contributed by atoms with van der Waals surface area (Å²) in [6, 6.07) is 8.62. The van der Waals surface area contributed by atoms with Crippen molar-refractivity contribution in [1.29, 1.82) is 0 Å². The summed E-state index contributed by atoms with van der Waals surface area (Å²) < 4.78 is 70.8. The number of hydrogen-bond acceptors (Lipinski definition) is 4. The fraction of sp³-hybridized carbons (Fsp3) is 0.409. The van der Waals surface area contributed by atoms with Crippen LogP contribution < -0.4 is 14.4 Å². The van der Waals surface area contributed by atoms with Gasteiger partial charge in [0.25, 0.3) is 0 Å². The van der Waals surface area contributed by atoms with E-state index in [0.29, 0.717) is 16.1 Å². The standard InChI is InChI=1S/C22H26ClF3N2O4S/c1-15-6-9-20(16(2)13-15)32-12-10-27-21(29)5-4-11-28(33(3,30)31)19-8-7-17(23)14-18(19)22(24,25)26/h6-9,13-14H,4-5,10-12H2,1-3H3,(H,27,29). The molecule has 33 heavy (non-hydrogen) atoms. The van der Waals surface area contributed by atoms with E-state index in [4.69, 9.17) is 16.3 Å². The molecular formula is C22H26ClF3N2O4S. The van der Waals surface area contributed by atoms with Crippen LogP contribution in [0.4, 0.5) is 18.9 Å². The molecule has 0 unspecified atom stereocenters. The largest absolute Gasteiger partial charge is 0.491 e. The van der Waals surface area contributed by atoms with Crippen molar-refractivity contribution in [2.75, 3.05) is 30.3 Å². The maximum Gasteiger partial charge on any atom is 0.418 e. The lowest BCUT2D eigenvalue weighted by Gasteiger charge is -2.25. The molecule has 0 saturated carbocycles. The Morgan fingerprint density at radius 3 is 2.45 bits per heavy atom. The highest BCUT2D eigenvalue weighted by molar-refractivity contribution is 7.92. The van der Waals surface area contributed by atoms with Crippen LogP contribution >= 0.6 is 11.6 Å². The van der Waals surface area contributed by atoms with E-state index in [1.807, 2.05) is 32.0 Å². The first-order valence-corrected chi connectivity index (χ1v) is 12.3. The quantitative estimate of drug-likeness (QED) is 0.473. The van der Waals surface area contributed by atoms with Gasteiger partial charge in [-0.3, -0.25) is 9.10 Å². The van der Waals surface area contributed by atoms with E-state index in [0.717, 1.165) is 23.4 Å². The predicted octanol–water partition coefficient (Wildman–Crippen LogP) is 4.72. The minimum absolute atomic E-state index is 0.0246. The SMILES string of the molecule is Cc1ccc(OCCNC(=O)CCCN(c2ccc(Cl)cc2C(F)(F)F)S(C)(=O)=O)c(C)c1. The number of alkyl halides is 3. The molecule has 2 aromatic carbocycles. The van der Waals surface area contributed by atoms with Crippen molar-refractivity contribution >= 4 is 33.2 Å². The first kappa shape index (κ1) is 26.8. The molecule has 0 spiro atoms. The highest BCUT2D eigenvalue weighted by Crippen LogP contribution is 2.39. The van der Waals surface area contributed by atoms with Crippen molar-refractivity contribution in [3.05, 3.63) is 58.1 Å². The Bertz CT molecular complexity index is 1090. The lowest BCUT2D eigenvalue weighted by molar-refractivity contribution is -0.137. The van der Waals surface area contributed by atoms with Crippen LogP contribution in [0, 0.1) is 13.8 Å². The minimum Gasteiger partial charge on any atom is -0.491 e. The monoisotopic (exact) mass is 506 g/mol. The molecule has 0 aromatic heterocycles.